The van der Waals surface area contributed by atoms with Crippen LogP contribution in [-0.4, -0.2) is 11.1 Å². The van der Waals surface area contributed by atoms with Gasteiger partial charge in [0.05, 0.1) is 20.7 Å². The number of benzene rings is 3. The summed E-state index contributed by atoms with van der Waals surface area (Å²) in [5.74, 6) is 0.357. The number of hydrogen-bond acceptors (Lipinski definition) is 4. The maximum Gasteiger partial charge on any atom is 0.269 e. The molecule has 0 aliphatic heterocycles. The van der Waals surface area contributed by atoms with Crippen LogP contribution >= 0.6 is 23.2 Å². The summed E-state index contributed by atoms with van der Waals surface area (Å²) >= 11 is 12.7. The number of ether oxygens (including phenoxy) is 1. The maximum absolute atomic E-state index is 10.7. The zero-order valence-corrected chi connectivity index (χ0v) is 17.4. The van der Waals surface area contributed by atoms with Gasteiger partial charge in [0.15, 0.2) is 5.75 Å². The molecule has 29 heavy (non-hydrogen) atoms. The van der Waals surface area contributed by atoms with Crippen molar-refractivity contribution in [2.75, 3.05) is 0 Å². The zero-order chi connectivity index (χ0) is 21.0. The molecule has 7 heteroatoms. The molecular formula is C22H18Cl2N2O3. The first-order valence-electron chi connectivity index (χ1n) is 8.80. The Morgan fingerprint density at radius 2 is 1.69 bits per heavy atom. The Balaban J connectivity index is 1.73. The van der Waals surface area contributed by atoms with E-state index >= 15 is 0 Å². The van der Waals surface area contributed by atoms with E-state index in [-0.39, 0.29) is 12.3 Å². The summed E-state index contributed by atoms with van der Waals surface area (Å²) in [6.07, 6.45) is 1.70. The highest BCUT2D eigenvalue weighted by Crippen LogP contribution is 2.34. The van der Waals surface area contributed by atoms with E-state index in [0.29, 0.717) is 15.8 Å². The van der Waals surface area contributed by atoms with Crippen LogP contribution in [0.15, 0.2) is 59.6 Å². The summed E-state index contributed by atoms with van der Waals surface area (Å²) < 4.78 is 5.73. The molecule has 0 saturated carbocycles. The third-order valence-electron chi connectivity index (χ3n) is 4.26. The molecule has 0 atom stereocenters. The Hall–Kier alpha value is -2.89. The van der Waals surface area contributed by atoms with Crippen molar-refractivity contribution in [3.05, 3.63) is 97.0 Å². The molecule has 0 fully saturated rings. The van der Waals surface area contributed by atoms with Crippen molar-refractivity contribution in [1.29, 1.82) is 0 Å². The fraction of sp³-hybridized carbons (Fsp3) is 0.136. The van der Waals surface area contributed by atoms with E-state index in [2.05, 4.69) is 11.1 Å². The van der Waals surface area contributed by atoms with E-state index in [4.69, 9.17) is 27.9 Å². The van der Waals surface area contributed by atoms with Gasteiger partial charge in [0, 0.05) is 18.3 Å². The van der Waals surface area contributed by atoms with Crippen LogP contribution in [0, 0.1) is 24.0 Å². The molecule has 0 amide bonds. The van der Waals surface area contributed by atoms with Gasteiger partial charge < -0.3 is 4.74 Å². The number of rotatable bonds is 6. The molecule has 5 nitrogen and oxygen atoms in total. The molecule has 3 aromatic rings. The normalized spacial score (nSPS) is 11.0. The fourth-order valence-electron chi connectivity index (χ4n) is 2.76. The Bertz CT molecular complexity index is 1060. The summed E-state index contributed by atoms with van der Waals surface area (Å²) in [6.45, 7) is 4.23. The summed E-state index contributed by atoms with van der Waals surface area (Å²) in [5, 5.41) is 11.4. The van der Waals surface area contributed by atoms with E-state index in [1.807, 2.05) is 26.0 Å². The summed E-state index contributed by atoms with van der Waals surface area (Å²) in [4.78, 5) is 14.8. The van der Waals surface area contributed by atoms with Crippen LogP contribution in [0.3, 0.4) is 0 Å². The average Bonchev–Trinajstić information content (AvgIpc) is 2.67. The lowest BCUT2D eigenvalue weighted by atomic mass is 10.1. The Morgan fingerprint density at radius 3 is 2.28 bits per heavy atom. The van der Waals surface area contributed by atoms with Crippen molar-refractivity contribution in [2.24, 2.45) is 4.99 Å². The SMILES string of the molecule is Cc1ccc(N=Cc2cc(Cl)c(OCc3ccc([N+](=O)[O-])cc3)c(Cl)c2)c(C)c1. The molecule has 0 bridgehead atoms. The van der Waals surface area contributed by atoms with Gasteiger partial charge in [0.25, 0.3) is 5.69 Å². The number of nitro groups is 1. The van der Waals surface area contributed by atoms with Crippen molar-refractivity contribution < 1.29 is 9.66 Å². The number of nitro benzene ring substituents is 1. The molecule has 0 unspecified atom stereocenters. The predicted octanol–water partition coefficient (Wildman–Crippen LogP) is 6.85. The molecule has 0 spiro atoms. The minimum Gasteiger partial charge on any atom is -0.486 e. The molecule has 3 aromatic carbocycles. The van der Waals surface area contributed by atoms with E-state index in [0.717, 1.165) is 22.4 Å². The van der Waals surface area contributed by atoms with E-state index in [1.165, 1.54) is 17.7 Å². The molecule has 148 valence electrons. The van der Waals surface area contributed by atoms with Crippen molar-refractivity contribution in [3.63, 3.8) is 0 Å². The van der Waals surface area contributed by atoms with Crippen LogP contribution in [0.2, 0.25) is 10.0 Å². The van der Waals surface area contributed by atoms with Gasteiger partial charge in [-0.25, -0.2) is 0 Å². The van der Waals surface area contributed by atoms with Crippen LogP contribution in [0.1, 0.15) is 22.3 Å². The minimum absolute atomic E-state index is 0.0252. The number of aliphatic imine (C=N–C) groups is 1. The van der Waals surface area contributed by atoms with Gasteiger partial charge >= 0.3 is 0 Å². The van der Waals surface area contributed by atoms with E-state index in [1.54, 1.807) is 30.5 Å². The van der Waals surface area contributed by atoms with Crippen LogP contribution in [0.5, 0.6) is 5.75 Å². The molecule has 0 aliphatic rings. The van der Waals surface area contributed by atoms with Crippen molar-refractivity contribution in [2.45, 2.75) is 20.5 Å². The highest BCUT2D eigenvalue weighted by Gasteiger charge is 2.11. The van der Waals surface area contributed by atoms with Crippen LogP contribution in [-0.2, 0) is 6.61 Å². The first kappa shape index (κ1) is 20.8. The van der Waals surface area contributed by atoms with Gasteiger partial charge in [-0.3, -0.25) is 15.1 Å². The van der Waals surface area contributed by atoms with Gasteiger partial charge in [0.1, 0.15) is 6.61 Å². The smallest absolute Gasteiger partial charge is 0.269 e. The second kappa shape index (κ2) is 9.07. The van der Waals surface area contributed by atoms with Gasteiger partial charge in [-0.05, 0) is 60.9 Å². The molecule has 0 N–H and O–H groups in total. The second-order valence-corrected chi connectivity index (χ2v) is 7.39. The topological polar surface area (TPSA) is 64.7 Å². The molecule has 0 aliphatic carbocycles. The second-order valence-electron chi connectivity index (χ2n) is 6.57. The zero-order valence-electron chi connectivity index (χ0n) is 15.9. The first-order valence-corrected chi connectivity index (χ1v) is 9.55. The summed E-state index contributed by atoms with van der Waals surface area (Å²) in [7, 11) is 0. The number of nitrogens with zero attached hydrogens (tertiary/aromatic N) is 2. The Kier molecular flexibility index (Phi) is 6.52. The highest BCUT2D eigenvalue weighted by molar-refractivity contribution is 6.37. The lowest BCUT2D eigenvalue weighted by Gasteiger charge is -2.11. The Morgan fingerprint density at radius 1 is 1.03 bits per heavy atom. The third-order valence-corrected chi connectivity index (χ3v) is 4.82. The van der Waals surface area contributed by atoms with Gasteiger partial charge in [0.2, 0.25) is 0 Å². The molecule has 0 heterocycles. The average molecular weight is 429 g/mol. The van der Waals surface area contributed by atoms with Crippen LogP contribution in [0.25, 0.3) is 0 Å². The minimum atomic E-state index is -0.448. The quantitative estimate of drug-likeness (QED) is 0.245. The van der Waals surface area contributed by atoms with Crippen molar-refractivity contribution >= 4 is 40.8 Å². The first-order chi connectivity index (χ1) is 13.8. The number of non-ortho nitro benzene ring substituents is 1. The largest absolute Gasteiger partial charge is 0.486 e. The van der Waals surface area contributed by atoms with Crippen molar-refractivity contribution in [1.82, 2.24) is 0 Å². The van der Waals surface area contributed by atoms with E-state index < -0.39 is 4.92 Å². The van der Waals surface area contributed by atoms with E-state index in [9.17, 15) is 10.1 Å². The molecule has 0 saturated heterocycles. The summed E-state index contributed by atoms with van der Waals surface area (Å²) in [6, 6.07) is 15.6. The van der Waals surface area contributed by atoms with Crippen LogP contribution in [0.4, 0.5) is 11.4 Å². The molecule has 0 radical (unpaired) electrons. The monoisotopic (exact) mass is 428 g/mol. The van der Waals surface area contributed by atoms with Gasteiger partial charge in [-0.15, -0.1) is 0 Å². The lowest BCUT2D eigenvalue weighted by molar-refractivity contribution is -0.384. The number of halogens is 2. The third kappa shape index (κ3) is 5.34. The molecule has 0 aromatic heterocycles. The van der Waals surface area contributed by atoms with Crippen LogP contribution < -0.4 is 4.74 Å². The van der Waals surface area contributed by atoms with Crippen molar-refractivity contribution in [3.8, 4) is 5.75 Å². The summed E-state index contributed by atoms with van der Waals surface area (Å²) in [5.41, 5.74) is 4.69. The number of aryl methyl sites for hydroxylation is 2. The number of hydrogen-bond donors (Lipinski definition) is 0. The fourth-order valence-corrected chi connectivity index (χ4v) is 3.37. The molecular weight excluding hydrogens is 411 g/mol. The van der Waals surface area contributed by atoms with Gasteiger partial charge in [-0.1, -0.05) is 40.9 Å². The lowest BCUT2D eigenvalue weighted by Crippen LogP contribution is -1.98. The highest BCUT2D eigenvalue weighted by atomic mass is 35.5. The van der Waals surface area contributed by atoms with Gasteiger partial charge in [-0.2, -0.15) is 0 Å². The maximum atomic E-state index is 10.7. The predicted molar refractivity (Wildman–Crippen MR) is 117 cm³/mol. The molecule has 3 rings (SSSR count). The standard InChI is InChI=1S/C22H18Cl2N2O3/c1-14-3-8-21(15(2)9-14)25-12-17-10-19(23)22(20(24)11-17)29-13-16-4-6-18(7-5-16)26(27)28/h3-12H,13H2,1-2H3. The Labute approximate surface area is 178 Å².